The van der Waals surface area contributed by atoms with Crippen LogP contribution in [0.5, 0.6) is 0 Å². The van der Waals surface area contributed by atoms with E-state index in [1.54, 1.807) is 0 Å². The maximum absolute atomic E-state index is 4.66. The van der Waals surface area contributed by atoms with Crippen LogP contribution in [0.3, 0.4) is 0 Å². The Morgan fingerprint density at radius 1 is 1.00 bits per heavy atom. The molecule has 21 heavy (non-hydrogen) atoms. The molecule has 3 heteroatoms. The molecule has 0 amide bonds. The van der Waals surface area contributed by atoms with Gasteiger partial charge in [0.2, 0.25) is 0 Å². The van der Waals surface area contributed by atoms with Crippen molar-refractivity contribution in [3.05, 3.63) is 66.2 Å². The number of benzene rings is 2. The van der Waals surface area contributed by atoms with Crippen LogP contribution in [0.1, 0.15) is 12.5 Å². The zero-order valence-electron chi connectivity index (χ0n) is 13.0. The van der Waals surface area contributed by atoms with E-state index >= 15 is 0 Å². The minimum atomic E-state index is 0.346. The third-order valence-electron chi connectivity index (χ3n) is 3.25. The highest BCUT2D eigenvalue weighted by Crippen LogP contribution is 2.13. The molecule has 0 saturated carbocycles. The molecule has 1 N–H and O–H groups in total. The molecule has 0 spiro atoms. The Morgan fingerprint density at radius 2 is 1.57 bits per heavy atom. The molecule has 0 fully saturated rings. The number of rotatable bonds is 6. The van der Waals surface area contributed by atoms with Crippen molar-refractivity contribution in [2.75, 3.05) is 26.1 Å². The molecule has 0 aromatic heterocycles. The summed E-state index contributed by atoms with van der Waals surface area (Å²) in [6.45, 7) is 3.17. The molecule has 110 valence electrons. The maximum atomic E-state index is 4.66. The maximum Gasteiger partial charge on any atom is 0.0720 e. The minimum absolute atomic E-state index is 0.346. The SMILES string of the molecule is C[C@H](CN(C)C)/C(=N\Nc1ccccc1)c1ccccc1. The number of hydrogen-bond acceptors (Lipinski definition) is 3. The number of para-hydroxylation sites is 1. The first kappa shape index (κ1) is 15.3. The van der Waals surface area contributed by atoms with E-state index in [9.17, 15) is 0 Å². The van der Waals surface area contributed by atoms with Crippen LogP contribution in [-0.2, 0) is 0 Å². The van der Waals surface area contributed by atoms with Gasteiger partial charge < -0.3 is 4.90 Å². The molecule has 0 bridgehead atoms. The van der Waals surface area contributed by atoms with Gasteiger partial charge in [0.05, 0.1) is 11.4 Å². The summed E-state index contributed by atoms with van der Waals surface area (Å²) in [6.07, 6.45) is 0. The summed E-state index contributed by atoms with van der Waals surface area (Å²) in [4.78, 5) is 2.19. The van der Waals surface area contributed by atoms with Gasteiger partial charge in [-0.2, -0.15) is 5.10 Å². The van der Waals surface area contributed by atoms with Crippen LogP contribution in [0.4, 0.5) is 5.69 Å². The van der Waals surface area contributed by atoms with Gasteiger partial charge in [-0.25, -0.2) is 0 Å². The van der Waals surface area contributed by atoms with Crippen LogP contribution < -0.4 is 5.43 Å². The highest BCUT2D eigenvalue weighted by molar-refractivity contribution is 6.02. The van der Waals surface area contributed by atoms with Gasteiger partial charge in [-0.05, 0) is 31.8 Å². The summed E-state index contributed by atoms with van der Waals surface area (Å²) in [5.74, 6) is 0.346. The zero-order chi connectivity index (χ0) is 15.1. The van der Waals surface area contributed by atoms with E-state index in [-0.39, 0.29) is 0 Å². The van der Waals surface area contributed by atoms with Crippen molar-refractivity contribution >= 4 is 11.4 Å². The average molecular weight is 281 g/mol. The average Bonchev–Trinajstić information content (AvgIpc) is 2.49. The molecular formula is C18H23N3. The fraction of sp³-hybridized carbons (Fsp3) is 0.278. The Hall–Kier alpha value is -2.13. The predicted octanol–water partition coefficient (Wildman–Crippen LogP) is 3.70. The highest BCUT2D eigenvalue weighted by Gasteiger charge is 2.14. The summed E-state index contributed by atoms with van der Waals surface area (Å²) >= 11 is 0. The number of nitrogens with one attached hydrogen (secondary N) is 1. The fourth-order valence-electron chi connectivity index (χ4n) is 2.34. The second kappa shape index (κ2) is 7.60. The van der Waals surface area contributed by atoms with E-state index in [1.807, 2.05) is 36.4 Å². The topological polar surface area (TPSA) is 27.6 Å². The first-order valence-electron chi connectivity index (χ1n) is 7.25. The molecule has 0 aliphatic rings. The molecule has 1 atom stereocenters. The van der Waals surface area contributed by atoms with Crippen LogP contribution in [0.2, 0.25) is 0 Å². The lowest BCUT2D eigenvalue weighted by Crippen LogP contribution is -2.27. The summed E-state index contributed by atoms with van der Waals surface area (Å²) < 4.78 is 0. The van der Waals surface area contributed by atoms with Gasteiger partial charge in [-0.3, -0.25) is 5.43 Å². The second-order valence-electron chi connectivity index (χ2n) is 5.50. The molecule has 2 aromatic rings. The van der Waals surface area contributed by atoms with Crippen molar-refractivity contribution < 1.29 is 0 Å². The van der Waals surface area contributed by atoms with Crippen molar-refractivity contribution in [1.29, 1.82) is 0 Å². The molecule has 0 radical (unpaired) electrons. The summed E-state index contributed by atoms with van der Waals surface area (Å²) in [5, 5.41) is 4.66. The summed E-state index contributed by atoms with van der Waals surface area (Å²) in [6, 6.07) is 20.4. The lowest BCUT2D eigenvalue weighted by molar-refractivity contribution is 0.380. The summed E-state index contributed by atoms with van der Waals surface area (Å²) in [5.41, 5.74) is 6.41. The summed E-state index contributed by atoms with van der Waals surface area (Å²) in [7, 11) is 4.17. The Labute approximate surface area is 127 Å². The third-order valence-corrected chi connectivity index (χ3v) is 3.25. The molecule has 0 unspecified atom stereocenters. The number of hydrogen-bond donors (Lipinski definition) is 1. The Morgan fingerprint density at radius 3 is 2.14 bits per heavy atom. The standard InChI is InChI=1S/C18H23N3/c1-15(14-21(2)3)18(16-10-6-4-7-11-16)20-19-17-12-8-5-9-13-17/h4-13,15,19H,14H2,1-3H3/b20-18+/t15-/m1/s1. The van der Waals surface area contributed by atoms with Gasteiger partial charge in [0.1, 0.15) is 0 Å². The van der Waals surface area contributed by atoms with Gasteiger partial charge in [0, 0.05) is 12.5 Å². The molecule has 2 rings (SSSR count). The van der Waals surface area contributed by atoms with E-state index in [1.165, 1.54) is 0 Å². The monoisotopic (exact) mass is 281 g/mol. The Kier molecular flexibility index (Phi) is 5.52. The highest BCUT2D eigenvalue weighted by atomic mass is 15.3. The van der Waals surface area contributed by atoms with Crippen molar-refractivity contribution in [3.8, 4) is 0 Å². The Bertz CT molecular complexity index is 562. The van der Waals surface area contributed by atoms with Crippen molar-refractivity contribution in [1.82, 2.24) is 4.90 Å². The van der Waals surface area contributed by atoms with Crippen molar-refractivity contribution in [2.45, 2.75) is 6.92 Å². The number of nitrogens with zero attached hydrogens (tertiary/aromatic N) is 2. The fourth-order valence-corrected chi connectivity index (χ4v) is 2.34. The van der Waals surface area contributed by atoms with Crippen LogP contribution in [0.25, 0.3) is 0 Å². The van der Waals surface area contributed by atoms with Crippen LogP contribution in [0, 0.1) is 5.92 Å². The number of anilines is 1. The predicted molar refractivity (Wildman–Crippen MR) is 90.8 cm³/mol. The quantitative estimate of drug-likeness (QED) is 0.646. The first-order chi connectivity index (χ1) is 10.2. The third kappa shape index (κ3) is 4.72. The van der Waals surface area contributed by atoms with Crippen molar-refractivity contribution in [2.24, 2.45) is 11.0 Å². The van der Waals surface area contributed by atoms with Gasteiger partial charge in [0.25, 0.3) is 0 Å². The van der Waals surface area contributed by atoms with Crippen LogP contribution in [0.15, 0.2) is 65.8 Å². The van der Waals surface area contributed by atoms with E-state index in [4.69, 9.17) is 0 Å². The molecule has 0 aliphatic heterocycles. The first-order valence-corrected chi connectivity index (χ1v) is 7.25. The van der Waals surface area contributed by atoms with Gasteiger partial charge in [-0.1, -0.05) is 55.5 Å². The lowest BCUT2D eigenvalue weighted by atomic mass is 9.98. The van der Waals surface area contributed by atoms with Crippen molar-refractivity contribution in [3.63, 3.8) is 0 Å². The normalized spacial score (nSPS) is 13.2. The molecular weight excluding hydrogens is 258 g/mol. The second-order valence-corrected chi connectivity index (χ2v) is 5.50. The largest absolute Gasteiger partial charge is 0.309 e. The molecule has 0 aliphatic carbocycles. The molecule has 3 nitrogen and oxygen atoms in total. The van der Waals surface area contributed by atoms with E-state index in [0.717, 1.165) is 23.5 Å². The van der Waals surface area contributed by atoms with Gasteiger partial charge in [0.15, 0.2) is 0 Å². The minimum Gasteiger partial charge on any atom is -0.309 e. The lowest BCUT2D eigenvalue weighted by Gasteiger charge is -2.19. The zero-order valence-corrected chi connectivity index (χ0v) is 13.0. The van der Waals surface area contributed by atoms with E-state index in [2.05, 4.69) is 60.7 Å². The van der Waals surface area contributed by atoms with E-state index < -0.39 is 0 Å². The van der Waals surface area contributed by atoms with Crippen LogP contribution >= 0.6 is 0 Å². The number of hydrazone groups is 1. The smallest absolute Gasteiger partial charge is 0.0720 e. The molecule has 0 heterocycles. The molecule has 2 aromatic carbocycles. The van der Waals surface area contributed by atoms with Gasteiger partial charge >= 0.3 is 0 Å². The van der Waals surface area contributed by atoms with E-state index in [0.29, 0.717) is 5.92 Å². The van der Waals surface area contributed by atoms with Gasteiger partial charge in [-0.15, -0.1) is 0 Å². The Balaban J connectivity index is 2.23. The van der Waals surface area contributed by atoms with Crippen LogP contribution in [-0.4, -0.2) is 31.3 Å². The molecule has 0 saturated heterocycles.